The zero-order chi connectivity index (χ0) is 20.8. The predicted octanol–water partition coefficient (Wildman–Crippen LogP) is 3.54. The van der Waals surface area contributed by atoms with Gasteiger partial charge in [-0.05, 0) is 31.0 Å². The molecule has 0 aliphatic carbocycles. The van der Waals surface area contributed by atoms with Crippen LogP contribution in [0, 0.1) is 0 Å². The minimum atomic E-state index is -0.685. The quantitative estimate of drug-likeness (QED) is 0.320. The summed E-state index contributed by atoms with van der Waals surface area (Å²) in [6.07, 6.45) is 0.601. The van der Waals surface area contributed by atoms with Crippen LogP contribution in [0.15, 0.2) is 60.2 Å². The highest BCUT2D eigenvalue weighted by Gasteiger charge is 2.45. The molecule has 1 amide bonds. The van der Waals surface area contributed by atoms with Gasteiger partial charge >= 0.3 is 0 Å². The summed E-state index contributed by atoms with van der Waals surface area (Å²) in [4.78, 5) is 27.2. The molecule has 1 saturated heterocycles. The van der Waals surface area contributed by atoms with Crippen LogP contribution in [-0.2, 0) is 14.3 Å². The number of hydrogen-bond acceptors (Lipinski definition) is 5. The van der Waals surface area contributed by atoms with Crippen molar-refractivity contribution in [2.75, 3.05) is 26.9 Å². The smallest absolute Gasteiger partial charge is 0.295 e. The van der Waals surface area contributed by atoms with Crippen molar-refractivity contribution in [1.29, 1.82) is 0 Å². The largest absolute Gasteiger partial charge is 0.507 e. The number of carbonyl (C=O) groups excluding carboxylic acids is 2. The standard InChI is InChI=1S/C23H25NO5/c1-3-29-14-8-13-24-20(16-9-5-4-6-10-16)19(22(26)23(24)27)21(25)17-11-7-12-18(15-17)28-2/h4-7,9-12,15,20,25H,3,8,13-14H2,1-2H3/t20-/m0/s1. The summed E-state index contributed by atoms with van der Waals surface area (Å²) >= 11 is 0. The maximum Gasteiger partial charge on any atom is 0.295 e. The summed E-state index contributed by atoms with van der Waals surface area (Å²) in [5.74, 6) is -0.949. The molecule has 2 aromatic carbocycles. The second-order valence-corrected chi connectivity index (χ2v) is 6.69. The first kappa shape index (κ1) is 20.6. The van der Waals surface area contributed by atoms with Crippen molar-refractivity contribution >= 4 is 17.4 Å². The lowest BCUT2D eigenvalue weighted by Crippen LogP contribution is -2.31. The second-order valence-electron chi connectivity index (χ2n) is 6.69. The van der Waals surface area contributed by atoms with E-state index < -0.39 is 17.7 Å². The summed E-state index contributed by atoms with van der Waals surface area (Å²) in [5, 5.41) is 11.0. The average molecular weight is 395 g/mol. The van der Waals surface area contributed by atoms with E-state index in [-0.39, 0.29) is 11.3 Å². The summed E-state index contributed by atoms with van der Waals surface area (Å²) in [6, 6.07) is 15.4. The molecule has 3 rings (SSSR count). The van der Waals surface area contributed by atoms with Crippen molar-refractivity contribution in [3.63, 3.8) is 0 Å². The SMILES string of the molecule is CCOCCCN1C(=O)C(=O)C(=C(O)c2cccc(OC)c2)[C@@H]1c1ccccc1. The van der Waals surface area contributed by atoms with Gasteiger partial charge in [0.25, 0.3) is 11.7 Å². The number of methoxy groups -OCH3 is 1. The first-order valence-corrected chi connectivity index (χ1v) is 9.64. The number of nitrogens with zero attached hydrogens (tertiary/aromatic N) is 1. The molecule has 0 radical (unpaired) electrons. The van der Waals surface area contributed by atoms with Gasteiger partial charge < -0.3 is 19.5 Å². The number of ether oxygens (including phenoxy) is 2. The van der Waals surface area contributed by atoms with Crippen molar-refractivity contribution in [2.45, 2.75) is 19.4 Å². The molecule has 0 aromatic heterocycles. The van der Waals surface area contributed by atoms with E-state index in [1.165, 1.54) is 12.0 Å². The van der Waals surface area contributed by atoms with Crippen LogP contribution in [-0.4, -0.2) is 48.6 Å². The van der Waals surface area contributed by atoms with E-state index in [0.717, 1.165) is 5.56 Å². The number of rotatable bonds is 8. The minimum Gasteiger partial charge on any atom is -0.507 e. The topological polar surface area (TPSA) is 76.1 Å². The van der Waals surface area contributed by atoms with Crippen LogP contribution < -0.4 is 4.74 Å². The predicted molar refractivity (Wildman–Crippen MR) is 110 cm³/mol. The Labute approximate surface area is 170 Å². The van der Waals surface area contributed by atoms with Gasteiger partial charge in [0.2, 0.25) is 0 Å². The van der Waals surface area contributed by atoms with E-state index in [1.54, 1.807) is 24.3 Å². The molecule has 1 heterocycles. The van der Waals surface area contributed by atoms with E-state index >= 15 is 0 Å². The number of hydrogen-bond donors (Lipinski definition) is 1. The van der Waals surface area contributed by atoms with Crippen molar-refractivity contribution in [3.05, 3.63) is 71.3 Å². The van der Waals surface area contributed by atoms with Gasteiger partial charge in [-0.3, -0.25) is 9.59 Å². The van der Waals surface area contributed by atoms with Gasteiger partial charge in [0, 0.05) is 25.3 Å². The van der Waals surface area contributed by atoms with E-state index in [1.807, 2.05) is 37.3 Å². The lowest BCUT2D eigenvalue weighted by Gasteiger charge is -2.25. The minimum absolute atomic E-state index is 0.0888. The van der Waals surface area contributed by atoms with Crippen LogP contribution >= 0.6 is 0 Å². The molecule has 1 N–H and O–H groups in total. The van der Waals surface area contributed by atoms with Gasteiger partial charge in [-0.15, -0.1) is 0 Å². The third kappa shape index (κ3) is 4.32. The molecule has 0 saturated carbocycles. The first-order chi connectivity index (χ1) is 14.1. The zero-order valence-electron chi connectivity index (χ0n) is 16.6. The Morgan fingerprint density at radius 3 is 2.55 bits per heavy atom. The van der Waals surface area contributed by atoms with Gasteiger partial charge in [-0.1, -0.05) is 42.5 Å². The van der Waals surface area contributed by atoms with Gasteiger partial charge in [0.1, 0.15) is 11.5 Å². The fourth-order valence-corrected chi connectivity index (χ4v) is 3.50. The van der Waals surface area contributed by atoms with Crippen molar-refractivity contribution < 1.29 is 24.2 Å². The monoisotopic (exact) mass is 395 g/mol. The molecule has 0 bridgehead atoms. The molecule has 152 valence electrons. The van der Waals surface area contributed by atoms with Crippen LogP contribution in [0.2, 0.25) is 0 Å². The molecular weight excluding hydrogens is 370 g/mol. The van der Waals surface area contributed by atoms with Crippen LogP contribution in [0.1, 0.15) is 30.5 Å². The molecule has 1 aliphatic heterocycles. The van der Waals surface area contributed by atoms with Crippen LogP contribution in [0.5, 0.6) is 5.75 Å². The molecule has 1 fully saturated rings. The van der Waals surface area contributed by atoms with Crippen molar-refractivity contribution in [1.82, 2.24) is 4.90 Å². The number of benzene rings is 2. The molecule has 6 heteroatoms. The molecule has 29 heavy (non-hydrogen) atoms. The van der Waals surface area contributed by atoms with E-state index in [9.17, 15) is 14.7 Å². The fourth-order valence-electron chi connectivity index (χ4n) is 3.50. The number of ketones is 1. The lowest BCUT2D eigenvalue weighted by atomic mass is 9.95. The number of likely N-dealkylation sites (tertiary alicyclic amines) is 1. The van der Waals surface area contributed by atoms with E-state index in [4.69, 9.17) is 9.47 Å². The van der Waals surface area contributed by atoms with Crippen molar-refractivity contribution in [3.8, 4) is 5.75 Å². The molecule has 6 nitrogen and oxygen atoms in total. The Kier molecular flexibility index (Phi) is 6.67. The van der Waals surface area contributed by atoms with Gasteiger partial charge in [0.05, 0.1) is 18.7 Å². The summed E-state index contributed by atoms with van der Waals surface area (Å²) in [7, 11) is 1.53. The highest BCUT2D eigenvalue weighted by atomic mass is 16.5. The van der Waals surface area contributed by atoms with E-state index in [2.05, 4.69) is 0 Å². The molecule has 1 atom stereocenters. The maximum atomic E-state index is 12.9. The Morgan fingerprint density at radius 2 is 1.86 bits per heavy atom. The third-order valence-electron chi connectivity index (χ3n) is 4.89. The maximum absolute atomic E-state index is 12.9. The van der Waals surface area contributed by atoms with Gasteiger partial charge in [0.15, 0.2) is 0 Å². The Balaban J connectivity index is 2.05. The number of aliphatic hydroxyl groups is 1. The van der Waals surface area contributed by atoms with Crippen LogP contribution in [0.4, 0.5) is 0 Å². The average Bonchev–Trinajstić information content (AvgIpc) is 3.01. The number of amides is 1. The summed E-state index contributed by atoms with van der Waals surface area (Å²) < 4.78 is 10.6. The van der Waals surface area contributed by atoms with Gasteiger partial charge in [-0.2, -0.15) is 0 Å². The zero-order valence-corrected chi connectivity index (χ0v) is 16.6. The first-order valence-electron chi connectivity index (χ1n) is 9.64. The van der Waals surface area contributed by atoms with Crippen LogP contribution in [0.3, 0.4) is 0 Å². The Hall–Kier alpha value is -3.12. The van der Waals surface area contributed by atoms with Gasteiger partial charge in [-0.25, -0.2) is 0 Å². The highest BCUT2D eigenvalue weighted by Crippen LogP contribution is 2.39. The molecule has 0 unspecified atom stereocenters. The Bertz CT molecular complexity index is 906. The molecular formula is C23H25NO5. The number of carbonyl (C=O) groups is 2. The number of Topliss-reactive ketones (excluding diaryl/α,β-unsaturated/α-hetero) is 1. The normalized spacial score (nSPS) is 18.3. The highest BCUT2D eigenvalue weighted by molar-refractivity contribution is 6.46. The molecule has 1 aliphatic rings. The fraction of sp³-hybridized carbons (Fsp3) is 0.304. The second kappa shape index (κ2) is 9.39. The van der Waals surface area contributed by atoms with E-state index in [0.29, 0.717) is 37.5 Å². The summed E-state index contributed by atoms with van der Waals surface area (Å²) in [5.41, 5.74) is 1.29. The summed E-state index contributed by atoms with van der Waals surface area (Å²) in [6.45, 7) is 3.36. The number of aliphatic hydroxyl groups excluding tert-OH is 1. The third-order valence-corrected chi connectivity index (χ3v) is 4.89. The molecule has 2 aromatic rings. The molecule has 0 spiro atoms. The van der Waals surface area contributed by atoms with Crippen molar-refractivity contribution in [2.24, 2.45) is 0 Å². The lowest BCUT2D eigenvalue weighted by molar-refractivity contribution is -0.140. The Morgan fingerprint density at radius 1 is 1.10 bits per heavy atom. The van der Waals surface area contributed by atoms with Crippen LogP contribution in [0.25, 0.3) is 5.76 Å².